The zero-order chi connectivity index (χ0) is 12.5. The Labute approximate surface area is 118 Å². The molecule has 1 saturated carbocycles. The minimum absolute atomic E-state index is 0.0106. The molecule has 2 aromatic rings. The highest BCUT2D eigenvalue weighted by Crippen LogP contribution is 2.36. The highest BCUT2D eigenvalue weighted by atomic mass is 79.9. The smallest absolute Gasteiger partial charge is 0.268 e. The van der Waals surface area contributed by atoms with Crippen molar-refractivity contribution in [3.63, 3.8) is 0 Å². The van der Waals surface area contributed by atoms with Crippen LogP contribution in [0, 0.1) is 0 Å². The molecule has 0 aliphatic heterocycles. The van der Waals surface area contributed by atoms with E-state index in [2.05, 4.69) is 25.8 Å². The van der Waals surface area contributed by atoms with Gasteiger partial charge in [-0.2, -0.15) is 0 Å². The van der Waals surface area contributed by atoms with Gasteiger partial charge in [-0.1, -0.05) is 0 Å². The van der Waals surface area contributed by atoms with Crippen LogP contribution in [0.2, 0.25) is 0 Å². The van der Waals surface area contributed by atoms with Gasteiger partial charge < -0.3 is 9.88 Å². The van der Waals surface area contributed by atoms with Crippen LogP contribution in [0.3, 0.4) is 0 Å². The van der Waals surface area contributed by atoms with E-state index < -0.39 is 0 Å². The summed E-state index contributed by atoms with van der Waals surface area (Å²) < 4.78 is 3.15. The minimum atomic E-state index is 0.0106. The van der Waals surface area contributed by atoms with Gasteiger partial charge in [-0.3, -0.25) is 4.79 Å². The fourth-order valence-electron chi connectivity index (χ4n) is 1.96. The van der Waals surface area contributed by atoms with Crippen molar-refractivity contribution in [2.75, 3.05) is 0 Å². The molecule has 0 spiro atoms. The van der Waals surface area contributed by atoms with Crippen LogP contribution in [0.25, 0.3) is 0 Å². The lowest BCUT2D eigenvalue weighted by molar-refractivity contribution is 0.0942. The molecule has 94 valence electrons. The summed E-state index contributed by atoms with van der Waals surface area (Å²) in [5.41, 5.74) is 0.771. The van der Waals surface area contributed by atoms with Crippen LogP contribution < -0.4 is 5.32 Å². The van der Waals surface area contributed by atoms with Crippen molar-refractivity contribution >= 4 is 33.2 Å². The molecule has 0 bridgehead atoms. The lowest BCUT2D eigenvalue weighted by atomic mass is 10.3. The number of aromatic nitrogens is 1. The first-order chi connectivity index (χ1) is 8.74. The molecule has 0 unspecified atom stereocenters. The third-order valence-electron chi connectivity index (χ3n) is 3.00. The molecule has 0 aromatic carbocycles. The highest BCUT2D eigenvalue weighted by Gasteiger charge is 2.26. The Morgan fingerprint density at radius 2 is 2.39 bits per heavy atom. The molecule has 0 atom stereocenters. The van der Waals surface area contributed by atoms with E-state index in [9.17, 15) is 4.79 Å². The summed E-state index contributed by atoms with van der Waals surface area (Å²) in [4.78, 5) is 13.3. The molecule has 2 aromatic heterocycles. The molecule has 18 heavy (non-hydrogen) atoms. The number of amides is 1. The van der Waals surface area contributed by atoms with E-state index in [4.69, 9.17) is 0 Å². The predicted molar refractivity (Wildman–Crippen MR) is 75.9 cm³/mol. The minimum Gasteiger partial charge on any atom is -0.346 e. The third-order valence-corrected chi connectivity index (χ3v) is 4.69. The molecular weight excluding hydrogens is 312 g/mol. The van der Waals surface area contributed by atoms with Gasteiger partial charge in [0.2, 0.25) is 0 Å². The summed E-state index contributed by atoms with van der Waals surface area (Å²) >= 11 is 5.05. The number of rotatable bonds is 4. The van der Waals surface area contributed by atoms with E-state index in [0.717, 1.165) is 15.0 Å². The van der Waals surface area contributed by atoms with Gasteiger partial charge >= 0.3 is 0 Å². The van der Waals surface area contributed by atoms with Crippen molar-refractivity contribution in [1.29, 1.82) is 0 Å². The number of carbonyl (C=O) groups is 1. The zero-order valence-corrected chi connectivity index (χ0v) is 12.1. The molecule has 3 rings (SSSR count). The van der Waals surface area contributed by atoms with Crippen molar-refractivity contribution in [2.45, 2.75) is 25.4 Å². The Kier molecular flexibility index (Phi) is 3.26. The number of nitrogens with zero attached hydrogens (tertiary/aromatic N) is 1. The van der Waals surface area contributed by atoms with Gasteiger partial charge in [0, 0.05) is 27.0 Å². The number of hydrogen-bond acceptors (Lipinski definition) is 2. The maximum atomic E-state index is 12.1. The van der Waals surface area contributed by atoms with Gasteiger partial charge in [-0.05, 0) is 47.0 Å². The predicted octanol–water partition coefficient (Wildman–Crippen LogP) is 3.58. The fraction of sp³-hybridized carbons (Fsp3) is 0.308. The average molecular weight is 325 g/mol. The maximum Gasteiger partial charge on any atom is 0.268 e. The summed E-state index contributed by atoms with van der Waals surface area (Å²) in [6.07, 6.45) is 4.37. The molecule has 1 amide bonds. The monoisotopic (exact) mass is 324 g/mol. The number of halogens is 1. The normalized spacial score (nSPS) is 14.7. The Bertz CT molecular complexity index is 571. The van der Waals surface area contributed by atoms with Gasteiger partial charge in [0.25, 0.3) is 5.91 Å². The van der Waals surface area contributed by atoms with Gasteiger partial charge in [0.15, 0.2) is 0 Å². The van der Waals surface area contributed by atoms with Crippen molar-refractivity contribution in [2.24, 2.45) is 0 Å². The molecule has 3 nitrogen and oxygen atoms in total. The molecule has 0 radical (unpaired) electrons. The van der Waals surface area contributed by atoms with E-state index in [1.807, 2.05) is 29.8 Å². The van der Waals surface area contributed by atoms with Gasteiger partial charge in [-0.25, -0.2) is 0 Å². The summed E-state index contributed by atoms with van der Waals surface area (Å²) in [5.74, 6) is 0.0106. The molecule has 2 heterocycles. The van der Waals surface area contributed by atoms with E-state index in [0.29, 0.717) is 12.6 Å². The Morgan fingerprint density at radius 1 is 1.56 bits per heavy atom. The van der Waals surface area contributed by atoms with Crippen LogP contribution in [0.15, 0.2) is 34.2 Å². The van der Waals surface area contributed by atoms with E-state index in [1.165, 1.54) is 12.8 Å². The Morgan fingerprint density at radius 3 is 3.06 bits per heavy atom. The number of nitrogens with one attached hydrogen (secondary N) is 1. The Balaban J connectivity index is 1.65. The second-order valence-corrected chi connectivity index (χ2v) is 6.36. The fourth-order valence-corrected chi connectivity index (χ4v) is 3.35. The molecule has 0 saturated heterocycles. The highest BCUT2D eigenvalue weighted by molar-refractivity contribution is 9.10. The Hall–Kier alpha value is -1.07. The summed E-state index contributed by atoms with van der Waals surface area (Å²) in [5, 5.41) is 4.99. The first-order valence-corrected chi connectivity index (χ1v) is 7.59. The molecule has 1 N–H and O–H groups in total. The van der Waals surface area contributed by atoms with E-state index >= 15 is 0 Å². The largest absolute Gasteiger partial charge is 0.346 e. The van der Waals surface area contributed by atoms with Crippen LogP contribution in [-0.2, 0) is 6.54 Å². The van der Waals surface area contributed by atoms with Crippen LogP contribution in [0.1, 0.15) is 34.2 Å². The second-order valence-electron chi connectivity index (χ2n) is 4.45. The standard InChI is InChI=1S/C13H13BrN2OS/c14-9-6-11(18-8-9)7-15-13(17)12-2-1-5-16(12)10-3-4-10/h1-2,5-6,8,10H,3-4,7H2,(H,15,17). The summed E-state index contributed by atoms with van der Waals surface area (Å²) in [6.45, 7) is 0.588. The topological polar surface area (TPSA) is 34.0 Å². The maximum absolute atomic E-state index is 12.1. The molecule has 5 heteroatoms. The second kappa shape index (κ2) is 4.90. The summed E-state index contributed by atoms with van der Waals surface area (Å²) in [7, 11) is 0. The quantitative estimate of drug-likeness (QED) is 0.916. The third kappa shape index (κ3) is 2.52. The first-order valence-electron chi connectivity index (χ1n) is 5.92. The first kappa shape index (κ1) is 12.0. The SMILES string of the molecule is O=C(NCc1cc(Br)cs1)c1cccn1C1CC1. The van der Waals surface area contributed by atoms with Gasteiger partial charge in [-0.15, -0.1) is 11.3 Å². The van der Waals surface area contributed by atoms with Crippen LogP contribution in [0.5, 0.6) is 0 Å². The lowest BCUT2D eigenvalue weighted by Gasteiger charge is -2.07. The van der Waals surface area contributed by atoms with E-state index in [-0.39, 0.29) is 5.91 Å². The van der Waals surface area contributed by atoms with Gasteiger partial charge in [0.1, 0.15) is 5.69 Å². The lowest BCUT2D eigenvalue weighted by Crippen LogP contribution is -2.24. The van der Waals surface area contributed by atoms with Gasteiger partial charge in [0.05, 0.1) is 6.54 Å². The number of thiophene rings is 1. The summed E-state index contributed by atoms with van der Waals surface area (Å²) in [6, 6.07) is 6.40. The molecular formula is C13H13BrN2OS. The van der Waals surface area contributed by atoms with Crippen LogP contribution in [-0.4, -0.2) is 10.5 Å². The molecule has 1 aliphatic carbocycles. The van der Waals surface area contributed by atoms with Crippen molar-refractivity contribution < 1.29 is 4.79 Å². The van der Waals surface area contributed by atoms with Crippen LogP contribution in [0.4, 0.5) is 0 Å². The van der Waals surface area contributed by atoms with Crippen molar-refractivity contribution in [3.8, 4) is 0 Å². The van der Waals surface area contributed by atoms with Crippen molar-refractivity contribution in [1.82, 2.24) is 9.88 Å². The van der Waals surface area contributed by atoms with Crippen molar-refractivity contribution in [3.05, 3.63) is 44.8 Å². The number of carbonyl (C=O) groups excluding carboxylic acids is 1. The number of hydrogen-bond donors (Lipinski definition) is 1. The molecule has 1 aliphatic rings. The zero-order valence-electron chi connectivity index (χ0n) is 9.73. The van der Waals surface area contributed by atoms with E-state index in [1.54, 1.807) is 11.3 Å². The average Bonchev–Trinajstić information content (AvgIpc) is 2.94. The molecule has 1 fully saturated rings. The van der Waals surface area contributed by atoms with Crippen LogP contribution >= 0.6 is 27.3 Å².